The lowest BCUT2D eigenvalue weighted by molar-refractivity contribution is 0.0963. The van der Waals surface area contributed by atoms with Crippen LogP contribution in [0.5, 0.6) is 0 Å². The molecule has 0 radical (unpaired) electrons. The van der Waals surface area contributed by atoms with Gasteiger partial charge in [0.05, 0.1) is 0 Å². The molecule has 0 saturated carbocycles. The minimum atomic E-state index is 0.236. The van der Waals surface area contributed by atoms with E-state index in [1.165, 1.54) is 27.8 Å². The molecule has 2 nitrogen and oxygen atoms in total. The van der Waals surface area contributed by atoms with E-state index >= 15 is 0 Å². The summed E-state index contributed by atoms with van der Waals surface area (Å²) in [4.78, 5) is 15.1. The second kappa shape index (κ2) is 7.89. The summed E-state index contributed by atoms with van der Waals surface area (Å²) in [5.74, 6) is 0.236. The number of hydrogen-bond acceptors (Lipinski definition) is 2. The topological polar surface area (TPSA) is 20.3 Å². The third-order valence-electron chi connectivity index (χ3n) is 5.47. The Labute approximate surface area is 161 Å². The summed E-state index contributed by atoms with van der Waals surface area (Å²) >= 11 is 0. The lowest BCUT2D eigenvalue weighted by atomic mass is 10.0. The van der Waals surface area contributed by atoms with Crippen LogP contribution >= 0.6 is 0 Å². The summed E-state index contributed by atoms with van der Waals surface area (Å²) in [7, 11) is 0. The Kier molecular flexibility index (Phi) is 5.17. The molecule has 0 heterocycles. The highest BCUT2D eigenvalue weighted by Crippen LogP contribution is 2.36. The van der Waals surface area contributed by atoms with Gasteiger partial charge in [0, 0.05) is 25.1 Å². The molecule has 0 aliphatic heterocycles. The molecule has 136 valence electrons. The van der Waals surface area contributed by atoms with Crippen molar-refractivity contribution in [2.75, 3.05) is 13.1 Å². The van der Waals surface area contributed by atoms with Gasteiger partial charge in [0.1, 0.15) is 0 Å². The molecule has 0 N–H and O–H groups in total. The molecule has 1 aliphatic rings. The summed E-state index contributed by atoms with van der Waals surface area (Å²) in [5, 5.41) is 0. The van der Waals surface area contributed by atoms with Gasteiger partial charge in [-0.2, -0.15) is 0 Å². The first-order valence-electron chi connectivity index (χ1n) is 9.75. The molecule has 0 saturated heterocycles. The summed E-state index contributed by atoms with van der Waals surface area (Å²) < 4.78 is 0. The lowest BCUT2D eigenvalue weighted by Gasteiger charge is -2.20. The van der Waals surface area contributed by atoms with Crippen LogP contribution in [0, 0.1) is 0 Å². The van der Waals surface area contributed by atoms with Crippen LogP contribution in [-0.4, -0.2) is 23.8 Å². The second-order valence-electron chi connectivity index (χ2n) is 7.23. The Morgan fingerprint density at radius 1 is 0.889 bits per heavy atom. The van der Waals surface area contributed by atoms with E-state index in [-0.39, 0.29) is 5.78 Å². The Balaban J connectivity index is 1.41. The quantitative estimate of drug-likeness (QED) is 0.416. The predicted octanol–water partition coefficient (Wildman–Crippen LogP) is 5.35. The second-order valence-corrected chi connectivity index (χ2v) is 7.23. The lowest BCUT2D eigenvalue weighted by Crippen LogP contribution is -2.25. The van der Waals surface area contributed by atoms with Gasteiger partial charge in [0.15, 0.2) is 5.78 Å². The minimum absolute atomic E-state index is 0.236. The largest absolute Gasteiger partial charge is 0.299 e. The Morgan fingerprint density at radius 3 is 2.44 bits per heavy atom. The van der Waals surface area contributed by atoms with Crippen molar-refractivity contribution in [1.29, 1.82) is 0 Å². The van der Waals surface area contributed by atoms with Crippen LogP contribution in [0.1, 0.15) is 40.4 Å². The molecule has 0 bridgehead atoms. The van der Waals surface area contributed by atoms with Crippen molar-refractivity contribution in [3.05, 3.63) is 95.1 Å². The molecule has 1 aliphatic carbocycles. The first-order valence-corrected chi connectivity index (χ1v) is 9.75. The fourth-order valence-corrected chi connectivity index (χ4v) is 3.91. The third kappa shape index (κ3) is 3.86. The molecule has 0 spiro atoms. The first kappa shape index (κ1) is 17.7. The summed E-state index contributed by atoms with van der Waals surface area (Å²) in [6, 6.07) is 25.2. The van der Waals surface area contributed by atoms with Crippen molar-refractivity contribution in [2.45, 2.75) is 26.3 Å². The number of nitrogens with zero attached hydrogens (tertiary/aromatic N) is 1. The molecule has 2 heteroatoms. The van der Waals surface area contributed by atoms with Crippen LogP contribution < -0.4 is 0 Å². The summed E-state index contributed by atoms with van der Waals surface area (Å²) in [6.45, 7) is 4.79. The molecule has 0 fully saturated rings. The Bertz CT molecular complexity index is 946. The summed E-state index contributed by atoms with van der Waals surface area (Å²) in [5.41, 5.74) is 7.36. The molecule has 0 unspecified atom stereocenters. The van der Waals surface area contributed by atoms with Gasteiger partial charge in [-0.3, -0.25) is 9.69 Å². The molecule has 0 atom stereocenters. The number of rotatable bonds is 7. The van der Waals surface area contributed by atoms with E-state index in [2.05, 4.69) is 72.5 Å². The SMILES string of the molecule is CCN(CCC(=O)c1ccc2c(c1)Cc1ccccc1-2)Cc1ccccc1. The van der Waals surface area contributed by atoms with Crippen molar-refractivity contribution < 1.29 is 4.79 Å². The zero-order valence-electron chi connectivity index (χ0n) is 15.8. The van der Waals surface area contributed by atoms with E-state index < -0.39 is 0 Å². The first-order chi connectivity index (χ1) is 13.2. The maximum absolute atomic E-state index is 12.8. The molecular weight excluding hydrogens is 330 g/mol. The fraction of sp³-hybridized carbons (Fsp3) is 0.240. The molecular formula is C25H25NO. The average Bonchev–Trinajstić information content (AvgIpc) is 3.09. The van der Waals surface area contributed by atoms with Gasteiger partial charge in [-0.15, -0.1) is 0 Å². The number of carbonyl (C=O) groups excluding carboxylic acids is 1. The van der Waals surface area contributed by atoms with Gasteiger partial charge in [-0.1, -0.05) is 73.7 Å². The Morgan fingerprint density at radius 2 is 1.63 bits per heavy atom. The van der Waals surface area contributed by atoms with E-state index in [1.54, 1.807) is 0 Å². The summed E-state index contributed by atoms with van der Waals surface area (Å²) in [6.07, 6.45) is 1.49. The van der Waals surface area contributed by atoms with Crippen molar-refractivity contribution in [2.24, 2.45) is 0 Å². The highest BCUT2D eigenvalue weighted by atomic mass is 16.1. The smallest absolute Gasteiger partial charge is 0.164 e. The van der Waals surface area contributed by atoms with Gasteiger partial charge in [-0.05, 0) is 46.8 Å². The number of hydrogen-bond donors (Lipinski definition) is 0. The molecule has 0 aromatic heterocycles. The van der Waals surface area contributed by atoms with Gasteiger partial charge in [-0.25, -0.2) is 0 Å². The highest BCUT2D eigenvalue weighted by molar-refractivity contribution is 5.97. The zero-order chi connectivity index (χ0) is 18.6. The maximum atomic E-state index is 12.8. The van der Waals surface area contributed by atoms with Crippen LogP contribution in [0.15, 0.2) is 72.8 Å². The van der Waals surface area contributed by atoms with Gasteiger partial charge >= 0.3 is 0 Å². The van der Waals surface area contributed by atoms with E-state index in [0.29, 0.717) is 6.42 Å². The van der Waals surface area contributed by atoms with E-state index in [1.807, 2.05) is 12.1 Å². The van der Waals surface area contributed by atoms with Crippen molar-refractivity contribution in [3.8, 4) is 11.1 Å². The fourth-order valence-electron chi connectivity index (χ4n) is 3.91. The van der Waals surface area contributed by atoms with Crippen molar-refractivity contribution in [3.63, 3.8) is 0 Å². The van der Waals surface area contributed by atoms with Crippen LogP contribution in [0.4, 0.5) is 0 Å². The number of fused-ring (bicyclic) bond motifs is 3. The normalized spacial score (nSPS) is 12.1. The highest BCUT2D eigenvalue weighted by Gasteiger charge is 2.19. The molecule has 0 amide bonds. The Hall–Kier alpha value is -2.71. The third-order valence-corrected chi connectivity index (χ3v) is 5.47. The monoisotopic (exact) mass is 355 g/mol. The number of carbonyl (C=O) groups is 1. The van der Waals surface area contributed by atoms with E-state index in [9.17, 15) is 4.79 Å². The molecule has 27 heavy (non-hydrogen) atoms. The van der Waals surface area contributed by atoms with Gasteiger partial charge < -0.3 is 0 Å². The zero-order valence-corrected chi connectivity index (χ0v) is 15.8. The van der Waals surface area contributed by atoms with Crippen LogP contribution in [0.25, 0.3) is 11.1 Å². The van der Waals surface area contributed by atoms with Gasteiger partial charge in [0.2, 0.25) is 0 Å². The predicted molar refractivity (Wildman–Crippen MR) is 111 cm³/mol. The number of Topliss-reactive ketones (excluding diaryl/α,β-unsaturated/α-hetero) is 1. The van der Waals surface area contributed by atoms with Crippen LogP contribution in [-0.2, 0) is 13.0 Å². The van der Waals surface area contributed by atoms with Crippen molar-refractivity contribution >= 4 is 5.78 Å². The molecule has 4 rings (SSSR count). The molecule has 3 aromatic rings. The average molecular weight is 355 g/mol. The van der Waals surface area contributed by atoms with E-state index in [0.717, 1.165) is 31.6 Å². The van der Waals surface area contributed by atoms with Crippen LogP contribution in [0.2, 0.25) is 0 Å². The maximum Gasteiger partial charge on any atom is 0.164 e. The minimum Gasteiger partial charge on any atom is -0.299 e. The van der Waals surface area contributed by atoms with E-state index in [4.69, 9.17) is 0 Å². The standard InChI is InChI=1S/C25H25NO/c1-2-26(18-19-8-4-3-5-9-19)15-14-25(27)21-12-13-24-22(17-21)16-20-10-6-7-11-23(20)24/h3-13,17H,2,14-16,18H2,1H3. The number of ketones is 1. The number of benzene rings is 3. The van der Waals surface area contributed by atoms with Gasteiger partial charge in [0.25, 0.3) is 0 Å². The molecule has 3 aromatic carbocycles. The van der Waals surface area contributed by atoms with Crippen LogP contribution in [0.3, 0.4) is 0 Å². The van der Waals surface area contributed by atoms with Crippen molar-refractivity contribution in [1.82, 2.24) is 4.90 Å².